The Hall–Kier alpha value is -1.02. The lowest BCUT2D eigenvalue weighted by Crippen LogP contribution is -2.07. The highest BCUT2D eigenvalue weighted by molar-refractivity contribution is 14.1. The average molecular weight is 301 g/mol. The second-order valence-electron chi connectivity index (χ2n) is 2.69. The predicted molar refractivity (Wildman–Crippen MR) is 59.8 cm³/mol. The molecule has 6 heteroatoms. The van der Waals surface area contributed by atoms with Crippen molar-refractivity contribution in [2.75, 3.05) is 0 Å². The fourth-order valence-electron chi connectivity index (χ4n) is 1.12. The van der Waals surface area contributed by atoms with Crippen molar-refractivity contribution >= 4 is 22.6 Å². The largest absolute Gasteiger partial charge is 0.324 e. The highest BCUT2D eigenvalue weighted by atomic mass is 127. The predicted octanol–water partition coefficient (Wildman–Crippen LogP) is 0.726. The lowest BCUT2D eigenvalue weighted by Gasteiger charge is -2.01. The van der Waals surface area contributed by atoms with Crippen molar-refractivity contribution < 1.29 is 0 Å². The fraction of sp³-hybridized carbons (Fsp3) is 0.125. The molecule has 0 aliphatic carbocycles. The van der Waals surface area contributed by atoms with Gasteiger partial charge >= 0.3 is 0 Å². The summed E-state index contributed by atoms with van der Waals surface area (Å²) in [6.45, 7) is 0.332. The lowest BCUT2D eigenvalue weighted by atomic mass is 10.3. The zero-order valence-corrected chi connectivity index (χ0v) is 9.42. The quantitative estimate of drug-likeness (QED) is 0.830. The second-order valence-corrected chi connectivity index (χ2v) is 3.93. The number of hydrogen-bond acceptors (Lipinski definition) is 4. The van der Waals surface area contributed by atoms with E-state index in [4.69, 9.17) is 5.73 Å². The first-order chi connectivity index (χ1) is 6.81. The van der Waals surface area contributed by atoms with E-state index in [1.54, 1.807) is 4.68 Å². The third kappa shape index (κ3) is 1.75. The molecule has 0 aliphatic heterocycles. The van der Waals surface area contributed by atoms with Crippen LogP contribution in [0.3, 0.4) is 0 Å². The van der Waals surface area contributed by atoms with Crippen LogP contribution < -0.4 is 5.73 Å². The van der Waals surface area contributed by atoms with E-state index >= 15 is 0 Å². The van der Waals surface area contributed by atoms with Crippen LogP contribution in [-0.2, 0) is 6.54 Å². The first kappa shape index (κ1) is 9.53. The molecule has 0 aliphatic rings. The Balaban J connectivity index is 2.44. The maximum Gasteiger partial charge on any atom is 0.170 e. The molecular formula is C8H8IN5. The molecule has 14 heavy (non-hydrogen) atoms. The van der Waals surface area contributed by atoms with E-state index in [9.17, 15) is 0 Å². The van der Waals surface area contributed by atoms with Gasteiger partial charge in [-0.05, 0) is 57.3 Å². The molecule has 1 heterocycles. The van der Waals surface area contributed by atoms with Crippen molar-refractivity contribution in [2.45, 2.75) is 6.54 Å². The molecule has 0 spiro atoms. The minimum absolute atomic E-state index is 0.332. The minimum Gasteiger partial charge on any atom is -0.324 e. The normalized spacial score (nSPS) is 10.4. The topological polar surface area (TPSA) is 69.6 Å². The molecule has 2 N–H and O–H groups in total. The van der Waals surface area contributed by atoms with E-state index in [-0.39, 0.29) is 0 Å². The van der Waals surface area contributed by atoms with Gasteiger partial charge in [0.15, 0.2) is 5.82 Å². The number of rotatable bonds is 2. The van der Waals surface area contributed by atoms with Crippen LogP contribution in [0.2, 0.25) is 0 Å². The monoisotopic (exact) mass is 301 g/mol. The number of nitrogens with zero attached hydrogens (tertiary/aromatic N) is 4. The molecule has 1 aromatic carbocycles. The van der Waals surface area contributed by atoms with Gasteiger partial charge in [0.05, 0.1) is 12.2 Å². The smallest absolute Gasteiger partial charge is 0.170 e. The summed E-state index contributed by atoms with van der Waals surface area (Å²) in [5.41, 5.74) is 6.42. The van der Waals surface area contributed by atoms with Gasteiger partial charge < -0.3 is 5.73 Å². The number of benzene rings is 1. The van der Waals surface area contributed by atoms with Gasteiger partial charge in [0.2, 0.25) is 0 Å². The Bertz CT molecular complexity index is 422. The average Bonchev–Trinajstić information content (AvgIpc) is 2.67. The maximum atomic E-state index is 5.50. The van der Waals surface area contributed by atoms with Crippen LogP contribution in [0.25, 0.3) is 5.69 Å². The zero-order chi connectivity index (χ0) is 9.97. The molecule has 1 aromatic heterocycles. The SMILES string of the molecule is NCc1nnnn1-c1ccc(I)cc1. The molecule has 0 saturated carbocycles. The molecule has 0 radical (unpaired) electrons. The molecular weight excluding hydrogens is 293 g/mol. The Morgan fingerprint density at radius 2 is 2.00 bits per heavy atom. The molecule has 0 saturated heterocycles. The Morgan fingerprint density at radius 3 is 2.64 bits per heavy atom. The zero-order valence-electron chi connectivity index (χ0n) is 7.26. The van der Waals surface area contributed by atoms with Crippen molar-refractivity contribution in [1.29, 1.82) is 0 Å². The molecule has 5 nitrogen and oxygen atoms in total. The van der Waals surface area contributed by atoms with Crippen LogP contribution in [0.5, 0.6) is 0 Å². The Kier molecular flexibility index (Phi) is 2.73. The summed E-state index contributed by atoms with van der Waals surface area (Å²) in [6.07, 6.45) is 0. The number of nitrogens with two attached hydrogens (primary N) is 1. The first-order valence-corrected chi connectivity index (χ1v) is 5.12. The molecule has 0 fully saturated rings. The summed E-state index contributed by atoms with van der Waals surface area (Å²) in [7, 11) is 0. The number of hydrogen-bond donors (Lipinski definition) is 1. The van der Waals surface area contributed by atoms with E-state index in [1.807, 2.05) is 24.3 Å². The molecule has 2 rings (SSSR count). The lowest BCUT2D eigenvalue weighted by molar-refractivity contribution is 0.761. The van der Waals surface area contributed by atoms with Gasteiger partial charge in [-0.25, -0.2) is 0 Å². The Labute approximate surface area is 94.4 Å². The first-order valence-electron chi connectivity index (χ1n) is 4.04. The molecule has 72 valence electrons. The van der Waals surface area contributed by atoms with E-state index in [1.165, 1.54) is 3.57 Å². The third-order valence-corrected chi connectivity index (χ3v) is 2.51. The van der Waals surface area contributed by atoms with Crippen LogP contribution in [0.4, 0.5) is 0 Å². The Morgan fingerprint density at radius 1 is 1.29 bits per heavy atom. The molecule has 0 unspecified atom stereocenters. The van der Waals surface area contributed by atoms with E-state index in [0.717, 1.165) is 5.69 Å². The fourth-order valence-corrected chi connectivity index (χ4v) is 1.48. The maximum absolute atomic E-state index is 5.50. The highest BCUT2D eigenvalue weighted by Gasteiger charge is 2.05. The summed E-state index contributed by atoms with van der Waals surface area (Å²) in [4.78, 5) is 0. The van der Waals surface area contributed by atoms with Gasteiger partial charge in [-0.15, -0.1) is 5.10 Å². The van der Waals surface area contributed by atoms with Crippen LogP contribution in [0.1, 0.15) is 5.82 Å². The van der Waals surface area contributed by atoms with E-state index in [2.05, 4.69) is 38.1 Å². The molecule has 0 amide bonds. The number of aromatic nitrogens is 4. The van der Waals surface area contributed by atoms with Gasteiger partial charge in [0, 0.05) is 3.57 Å². The van der Waals surface area contributed by atoms with Gasteiger partial charge in [-0.2, -0.15) is 4.68 Å². The van der Waals surface area contributed by atoms with Crippen molar-refractivity contribution in [3.63, 3.8) is 0 Å². The second kappa shape index (κ2) is 4.01. The van der Waals surface area contributed by atoms with E-state index < -0.39 is 0 Å². The minimum atomic E-state index is 0.332. The summed E-state index contributed by atoms with van der Waals surface area (Å²) < 4.78 is 2.81. The van der Waals surface area contributed by atoms with Crippen LogP contribution in [-0.4, -0.2) is 20.2 Å². The van der Waals surface area contributed by atoms with Gasteiger partial charge in [0.1, 0.15) is 0 Å². The number of tetrazole rings is 1. The van der Waals surface area contributed by atoms with Crippen molar-refractivity contribution in [3.8, 4) is 5.69 Å². The number of halogens is 1. The van der Waals surface area contributed by atoms with Crippen LogP contribution in [0.15, 0.2) is 24.3 Å². The summed E-state index contributed by atoms with van der Waals surface area (Å²) in [6, 6.07) is 7.91. The molecule has 0 atom stereocenters. The molecule has 0 bridgehead atoms. The van der Waals surface area contributed by atoms with Gasteiger partial charge in [-0.3, -0.25) is 0 Å². The summed E-state index contributed by atoms with van der Waals surface area (Å²) in [5, 5.41) is 11.2. The van der Waals surface area contributed by atoms with Crippen molar-refractivity contribution in [2.24, 2.45) is 5.73 Å². The summed E-state index contributed by atoms with van der Waals surface area (Å²) >= 11 is 2.25. The third-order valence-electron chi connectivity index (χ3n) is 1.79. The molecule has 2 aromatic rings. The van der Waals surface area contributed by atoms with Crippen LogP contribution in [0, 0.1) is 3.57 Å². The van der Waals surface area contributed by atoms with Gasteiger partial charge in [0.25, 0.3) is 0 Å². The van der Waals surface area contributed by atoms with Gasteiger partial charge in [-0.1, -0.05) is 0 Å². The van der Waals surface area contributed by atoms with Crippen LogP contribution >= 0.6 is 22.6 Å². The summed E-state index contributed by atoms with van der Waals surface area (Å²) in [5.74, 6) is 0.659. The van der Waals surface area contributed by atoms with E-state index in [0.29, 0.717) is 12.4 Å². The highest BCUT2D eigenvalue weighted by Crippen LogP contribution is 2.10. The standard InChI is InChI=1S/C8H8IN5/c9-6-1-3-7(4-2-6)14-8(5-10)11-12-13-14/h1-4H,5,10H2. The van der Waals surface area contributed by atoms with Crippen molar-refractivity contribution in [3.05, 3.63) is 33.7 Å². The van der Waals surface area contributed by atoms with Crippen molar-refractivity contribution in [1.82, 2.24) is 20.2 Å².